The Hall–Kier alpha value is -0.393. The van der Waals surface area contributed by atoms with Gasteiger partial charge in [-0.15, -0.1) is 0 Å². The van der Waals surface area contributed by atoms with Gasteiger partial charge in [0.2, 0.25) is 5.91 Å². The second-order valence-electron chi connectivity index (χ2n) is 6.41. The minimum absolute atomic E-state index is 0.00439. The van der Waals surface area contributed by atoms with Crippen LogP contribution < -0.4 is 5.32 Å². The molecule has 0 bridgehead atoms. The van der Waals surface area contributed by atoms with E-state index in [0.29, 0.717) is 0 Å². The van der Waals surface area contributed by atoms with Crippen molar-refractivity contribution in [2.45, 2.75) is 58.0 Å². The first-order valence-corrected chi connectivity index (χ1v) is 9.10. The fraction of sp³-hybridized carbons (Fsp3) is 0.917. The lowest BCUT2D eigenvalue weighted by Gasteiger charge is -2.44. The number of aliphatic hydroxyl groups is 1. The quantitative estimate of drug-likeness (QED) is 0.594. The van der Waals surface area contributed by atoms with Gasteiger partial charge in [0, 0.05) is 0 Å². The summed E-state index contributed by atoms with van der Waals surface area (Å²) in [6.07, 6.45) is -0.123. The third-order valence-electron chi connectivity index (χ3n) is 4.05. The standard InChI is InChI=1S/C12H25NO3Si/c1-8(10-9(7-14)13-11(10)15)16-17(5,6)12(2,3)4/h8-10,14H,7H2,1-6H3,(H,13,15)/t8-,9-,10-/m1/s1. The summed E-state index contributed by atoms with van der Waals surface area (Å²) in [5.41, 5.74) is 0. The van der Waals surface area contributed by atoms with Crippen molar-refractivity contribution < 1.29 is 14.3 Å². The second-order valence-corrected chi connectivity index (χ2v) is 11.2. The number of carbonyl (C=O) groups is 1. The van der Waals surface area contributed by atoms with Crippen LogP contribution in [0.25, 0.3) is 0 Å². The average Bonchev–Trinajstić information content (AvgIpc) is 2.10. The van der Waals surface area contributed by atoms with Crippen LogP contribution in [0.5, 0.6) is 0 Å². The van der Waals surface area contributed by atoms with Gasteiger partial charge in [-0.25, -0.2) is 0 Å². The summed E-state index contributed by atoms with van der Waals surface area (Å²) < 4.78 is 6.18. The van der Waals surface area contributed by atoms with E-state index in [1.807, 2.05) is 6.92 Å². The number of aliphatic hydroxyl groups excluding tert-OH is 1. The molecule has 1 aliphatic rings. The maximum absolute atomic E-state index is 11.5. The van der Waals surface area contributed by atoms with E-state index in [1.54, 1.807) is 0 Å². The van der Waals surface area contributed by atoms with Crippen molar-refractivity contribution in [1.29, 1.82) is 0 Å². The lowest BCUT2D eigenvalue weighted by molar-refractivity contribution is -0.141. The van der Waals surface area contributed by atoms with Gasteiger partial charge in [-0.1, -0.05) is 20.8 Å². The Morgan fingerprint density at radius 1 is 1.47 bits per heavy atom. The highest BCUT2D eigenvalue weighted by molar-refractivity contribution is 6.74. The first-order chi connectivity index (χ1) is 7.60. The smallest absolute Gasteiger partial charge is 0.228 e. The van der Waals surface area contributed by atoms with E-state index in [4.69, 9.17) is 9.53 Å². The van der Waals surface area contributed by atoms with Gasteiger partial charge in [0.05, 0.1) is 24.7 Å². The van der Waals surface area contributed by atoms with E-state index in [0.717, 1.165) is 0 Å². The van der Waals surface area contributed by atoms with Gasteiger partial charge < -0.3 is 14.8 Å². The average molecular weight is 259 g/mol. The Labute approximate surface area is 105 Å². The monoisotopic (exact) mass is 259 g/mol. The Balaban J connectivity index is 2.66. The van der Waals surface area contributed by atoms with Crippen LogP contribution in [0.2, 0.25) is 18.1 Å². The van der Waals surface area contributed by atoms with Crippen molar-refractivity contribution in [2.24, 2.45) is 5.92 Å². The maximum atomic E-state index is 11.5. The summed E-state index contributed by atoms with van der Waals surface area (Å²) in [6, 6.07) is -0.137. The maximum Gasteiger partial charge on any atom is 0.228 e. The summed E-state index contributed by atoms with van der Waals surface area (Å²) in [4.78, 5) is 11.5. The molecule has 0 aromatic rings. The van der Waals surface area contributed by atoms with Gasteiger partial charge in [0.1, 0.15) is 0 Å². The molecular formula is C12H25NO3Si. The van der Waals surface area contributed by atoms with Crippen LogP contribution in [-0.4, -0.2) is 38.1 Å². The molecule has 1 amide bonds. The predicted molar refractivity (Wildman–Crippen MR) is 70.3 cm³/mol. The van der Waals surface area contributed by atoms with Crippen molar-refractivity contribution in [2.75, 3.05) is 6.61 Å². The molecule has 1 heterocycles. The van der Waals surface area contributed by atoms with Gasteiger partial charge in [0.25, 0.3) is 0 Å². The highest BCUT2D eigenvalue weighted by atomic mass is 28.4. The molecule has 0 saturated carbocycles. The van der Waals surface area contributed by atoms with Gasteiger partial charge >= 0.3 is 0 Å². The van der Waals surface area contributed by atoms with E-state index >= 15 is 0 Å². The zero-order valence-corrected chi connectivity index (χ0v) is 12.7. The van der Waals surface area contributed by atoms with Crippen LogP contribution >= 0.6 is 0 Å². The number of carbonyl (C=O) groups excluding carboxylic acids is 1. The molecule has 0 aromatic carbocycles. The van der Waals surface area contributed by atoms with Crippen molar-refractivity contribution in [1.82, 2.24) is 5.32 Å². The van der Waals surface area contributed by atoms with E-state index in [9.17, 15) is 4.79 Å². The lowest BCUT2D eigenvalue weighted by atomic mass is 9.87. The van der Waals surface area contributed by atoms with Crippen LogP contribution in [0.4, 0.5) is 0 Å². The summed E-state index contributed by atoms with van der Waals surface area (Å²) in [5.74, 6) is -0.204. The summed E-state index contributed by atoms with van der Waals surface area (Å²) >= 11 is 0. The Morgan fingerprint density at radius 3 is 2.35 bits per heavy atom. The van der Waals surface area contributed by atoms with Gasteiger partial charge in [-0.2, -0.15) is 0 Å². The number of β-lactam (4-membered cyclic amide) rings is 1. The van der Waals surface area contributed by atoms with E-state index in [2.05, 4.69) is 39.2 Å². The van der Waals surface area contributed by atoms with Crippen LogP contribution in [-0.2, 0) is 9.22 Å². The van der Waals surface area contributed by atoms with Crippen molar-refractivity contribution >= 4 is 14.2 Å². The van der Waals surface area contributed by atoms with Crippen LogP contribution in [0.3, 0.4) is 0 Å². The molecule has 4 nitrogen and oxygen atoms in total. The molecule has 2 N–H and O–H groups in total. The van der Waals surface area contributed by atoms with Crippen LogP contribution in [0.15, 0.2) is 0 Å². The highest BCUT2D eigenvalue weighted by Gasteiger charge is 2.47. The SMILES string of the molecule is C[C@@H](O[Si](C)(C)C(C)(C)C)[C@H]1C(=O)N[C@@H]1CO. The molecule has 1 fully saturated rings. The lowest BCUT2D eigenvalue weighted by Crippen LogP contribution is -2.65. The Morgan fingerprint density at radius 2 is 2.00 bits per heavy atom. The highest BCUT2D eigenvalue weighted by Crippen LogP contribution is 2.38. The third kappa shape index (κ3) is 2.89. The summed E-state index contributed by atoms with van der Waals surface area (Å²) in [6.45, 7) is 12.8. The van der Waals surface area contributed by atoms with Crippen LogP contribution in [0, 0.1) is 5.92 Å². The second kappa shape index (κ2) is 4.70. The molecule has 0 unspecified atom stereocenters. The molecule has 1 aliphatic heterocycles. The van der Waals surface area contributed by atoms with Crippen molar-refractivity contribution in [3.05, 3.63) is 0 Å². The minimum atomic E-state index is -1.85. The molecule has 0 aromatic heterocycles. The predicted octanol–water partition coefficient (Wildman–Crippen LogP) is 1.50. The molecule has 17 heavy (non-hydrogen) atoms. The molecule has 1 rings (SSSR count). The molecule has 0 radical (unpaired) electrons. The van der Waals surface area contributed by atoms with E-state index in [1.165, 1.54) is 0 Å². The topological polar surface area (TPSA) is 58.6 Å². The normalized spacial score (nSPS) is 27.4. The molecule has 3 atom stereocenters. The number of rotatable bonds is 4. The Kier molecular flexibility index (Phi) is 4.06. The van der Waals surface area contributed by atoms with Crippen molar-refractivity contribution in [3.8, 4) is 0 Å². The van der Waals surface area contributed by atoms with Gasteiger partial charge in [0.15, 0.2) is 8.32 Å². The Bertz CT molecular complexity index is 299. The molecule has 0 spiro atoms. The third-order valence-corrected chi connectivity index (χ3v) is 8.63. The van der Waals surface area contributed by atoms with E-state index < -0.39 is 8.32 Å². The number of nitrogens with one attached hydrogen (secondary N) is 1. The van der Waals surface area contributed by atoms with E-state index in [-0.39, 0.29) is 35.6 Å². The van der Waals surface area contributed by atoms with Gasteiger partial charge in [-0.3, -0.25) is 4.79 Å². The fourth-order valence-electron chi connectivity index (χ4n) is 1.87. The summed E-state index contributed by atoms with van der Waals surface area (Å²) in [5, 5.41) is 12.0. The number of hydrogen-bond acceptors (Lipinski definition) is 3. The first kappa shape index (κ1) is 14.7. The van der Waals surface area contributed by atoms with Crippen molar-refractivity contribution in [3.63, 3.8) is 0 Å². The number of hydrogen-bond donors (Lipinski definition) is 2. The van der Waals surface area contributed by atoms with Gasteiger partial charge in [-0.05, 0) is 25.1 Å². The summed E-state index contributed by atoms with van der Waals surface area (Å²) in [7, 11) is -1.85. The molecule has 0 aliphatic carbocycles. The zero-order chi connectivity index (χ0) is 13.4. The largest absolute Gasteiger partial charge is 0.413 e. The molecule has 1 saturated heterocycles. The number of amides is 1. The molecule has 100 valence electrons. The minimum Gasteiger partial charge on any atom is -0.413 e. The molecular weight excluding hydrogens is 234 g/mol. The van der Waals surface area contributed by atoms with Crippen LogP contribution in [0.1, 0.15) is 27.7 Å². The molecule has 5 heteroatoms. The first-order valence-electron chi connectivity index (χ1n) is 6.19. The fourth-order valence-corrected chi connectivity index (χ4v) is 3.30. The zero-order valence-electron chi connectivity index (χ0n) is 11.7.